The van der Waals surface area contributed by atoms with Gasteiger partial charge in [0, 0.05) is 31.2 Å². The van der Waals surface area contributed by atoms with Crippen LogP contribution in [0.5, 0.6) is 5.75 Å². The van der Waals surface area contributed by atoms with Crippen molar-refractivity contribution in [2.75, 3.05) is 12.8 Å². The van der Waals surface area contributed by atoms with E-state index in [9.17, 15) is 27.2 Å². The second-order valence-electron chi connectivity index (χ2n) is 6.83. The van der Waals surface area contributed by atoms with Gasteiger partial charge in [0.05, 0.1) is 0 Å². The quantitative estimate of drug-likeness (QED) is 0.181. The van der Waals surface area contributed by atoms with Crippen LogP contribution in [0.4, 0.5) is 17.6 Å². The van der Waals surface area contributed by atoms with E-state index in [0.29, 0.717) is 18.4 Å². The van der Waals surface area contributed by atoms with Crippen LogP contribution in [-0.2, 0) is 9.59 Å². The van der Waals surface area contributed by atoms with E-state index in [4.69, 9.17) is 0 Å². The van der Waals surface area contributed by atoms with E-state index in [0.717, 1.165) is 49.9 Å². The summed E-state index contributed by atoms with van der Waals surface area (Å²) in [5, 5.41) is 2.62. The zero-order chi connectivity index (χ0) is 22.6. The number of carbonyl (C=O) groups is 2. The molecule has 2 unspecified atom stereocenters. The fourth-order valence-electron chi connectivity index (χ4n) is 2.87. The molecule has 5 nitrogen and oxygen atoms in total. The molecule has 0 heterocycles. The molecule has 1 aromatic carbocycles. The lowest BCUT2D eigenvalue weighted by atomic mass is 9.95. The molecule has 0 saturated heterocycles. The van der Waals surface area contributed by atoms with Crippen LogP contribution in [0.1, 0.15) is 57.1 Å². The first-order chi connectivity index (χ1) is 14.2. The van der Waals surface area contributed by atoms with Gasteiger partial charge in [0.15, 0.2) is 11.6 Å². The summed E-state index contributed by atoms with van der Waals surface area (Å²) in [4.78, 5) is 22.3. The van der Waals surface area contributed by atoms with Gasteiger partial charge >= 0.3 is 6.36 Å². The molecular weight excluding hydrogens is 424 g/mol. The fraction of sp³-hybridized carbons (Fsp3) is 0.600. The van der Waals surface area contributed by atoms with E-state index < -0.39 is 17.9 Å². The number of unbranched alkanes of at least 4 members (excludes halogenated alkanes) is 2. The molecule has 0 bridgehead atoms. The highest BCUT2D eigenvalue weighted by Gasteiger charge is 2.32. The van der Waals surface area contributed by atoms with Crippen LogP contribution >= 0.6 is 11.9 Å². The van der Waals surface area contributed by atoms with Crippen molar-refractivity contribution in [3.63, 3.8) is 0 Å². The average molecular weight is 453 g/mol. The summed E-state index contributed by atoms with van der Waals surface area (Å²) in [5.74, 6) is -1.35. The molecular formula is C20H28F4N2O3S. The SMILES string of the molecule is CNC(=O)C(CCC=O)CCCCCSNC(C)c1ccc(F)c(OC(F)(F)F)c1. The van der Waals surface area contributed by atoms with Gasteiger partial charge in [-0.3, -0.25) is 9.52 Å². The Bertz CT molecular complexity index is 674. The van der Waals surface area contributed by atoms with E-state index in [1.54, 1.807) is 14.0 Å². The third kappa shape index (κ3) is 10.3. The Balaban J connectivity index is 2.33. The molecule has 0 fully saturated rings. The highest BCUT2D eigenvalue weighted by molar-refractivity contribution is 7.97. The number of alkyl halides is 3. The van der Waals surface area contributed by atoms with E-state index in [-0.39, 0.29) is 17.9 Å². The van der Waals surface area contributed by atoms with Gasteiger partial charge in [-0.1, -0.05) is 30.9 Å². The molecule has 0 radical (unpaired) electrons. The van der Waals surface area contributed by atoms with Crippen molar-refractivity contribution >= 4 is 24.1 Å². The summed E-state index contributed by atoms with van der Waals surface area (Å²) >= 11 is 1.43. The number of amides is 1. The largest absolute Gasteiger partial charge is 0.573 e. The average Bonchev–Trinajstić information content (AvgIpc) is 2.69. The molecule has 0 aliphatic carbocycles. The first-order valence-corrected chi connectivity index (χ1v) is 10.7. The maximum Gasteiger partial charge on any atom is 0.573 e. The molecule has 30 heavy (non-hydrogen) atoms. The van der Waals surface area contributed by atoms with Crippen molar-refractivity contribution in [3.05, 3.63) is 29.6 Å². The standard InChI is InChI=1S/C20H28F4N2O3S/c1-14(16-9-10-17(21)18(13-16)29-20(22,23)24)26-30-12-5-3-4-7-15(8-6-11-27)19(28)25-2/h9-11,13-15,26H,3-8,12H2,1-2H3,(H,25,28). The summed E-state index contributed by atoms with van der Waals surface area (Å²) in [7, 11) is 1.58. The minimum absolute atomic E-state index is 0.0464. The van der Waals surface area contributed by atoms with Crippen LogP contribution in [0.2, 0.25) is 0 Å². The van der Waals surface area contributed by atoms with Gasteiger partial charge in [-0.15, -0.1) is 13.2 Å². The van der Waals surface area contributed by atoms with Crippen LogP contribution in [0.25, 0.3) is 0 Å². The fourth-order valence-corrected chi connectivity index (χ4v) is 3.72. The normalized spacial score (nSPS) is 13.5. The molecule has 0 saturated carbocycles. The number of rotatable bonds is 14. The van der Waals surface area contributed by atoms with Crippen molar-refractivity contribution < 1.29 is 31.9 Å². The van der Waals surface area contributed by atoms with Crippen LogP contribution in [-0.4, -0.2) is 31.4 Å². The lowest BCUT2D eigenvalue weighted by molar-refractivity contribution is -0.275. The molecule has 0 aliphatic heterocycles. The number of hydrogen-bond acceptors (Lipinski definition) is 5. The summed E-state index contributed by atoms with van der Waals surface area (Å²) < 4.78 is 57.3. The topological polar surface area (TPSA) is 67.4 Å². The van der Waals surface area contributed by atoms with Gasteiger partial charge < -0.3 is 14.8 Å². The zero-order valence-electron chi connectivity index (χ0n) is 17.1. The van der Waals surface area contributed by atoms with Gasteiger partial charge in [0.1, 0.15) is 6.29 Å². The van der Waals surface area contributed by atoms with Crippen molar-refractivity contribution in [2.45, 2.75) is 57.9 Å². The number of aldehydes is 1. The number of ether oxygens (including phenoxy) is 1. The Labute approximate surface area is 178 Å². The van der Waals surface area contributed by atoms with E-state index in [1.165, 1.54) is 18.0 Å². The van der Waals surface area contributed by atoms with Crippen LogP contribution < -0.4 is 14.8 Å². The highest BCUT2D eigenvalue weighted by atomic mass is 32.2. The monoisotopic (exact) mass is 452 g/mol. The van der Waals surface area contributed by atoms with E-state index in [2.05, 4.69) is 14.8 Å². The van der Waals surface area contributed by atoms with Crippen molar-refractivity contribution in [1.82, 2.24) is 10.0 Å². The van der Waals surface area contributed by atoms with Gasteiger partial charge in [-0.25, -0.2) is 4.39 Å². The predicted octanol–water partition coefficient (Wildman–Crippen LogP) is 4.92. The number of nitrogens with one attached hydrogen (secondary N) is 2. The Morgan fingerprint density at radius 1 is 1.23 bits per heavy atom. The van der Waals surface area contributed by atoms with Gasteiger partial charge in [-0.2, -0.15) is 0 Å². The molecule has 0 aromatic heterocycles. The molecule has 1 aromatic rings. The molecule has 170 valence electrons. The minimum Gasteiger partial charge on any atom is -0.403 e. The van der Waals surface area contributed by atoms with Crippen molar-refractivity contribution in [3.8, 4) is 5.75 Å². The van der Waals surface area contributed by atoms with Crippen LogP contribution in [0, 0.1) is 11.7 Å². The van der Waals surface area contributed by atoms with Gasteiger partial charge in [-0.05, 0) is 43.9 Å². The Hall–Kier alpha value is -1.81. The summed E-state index contributed by atoms with van der Waals surface area (Å²) in [6, 6.07) is 3.10. The maximum absolute atomic E-state index is 13.5. The van der Waals surface area contributed by atoms with E-state index >= 15 is 0 Å². The molecule has 1 amide bonds. The second-order valence-corrected chi connectivity index (χ2v) is 7.76. The second kappa shape index (κ2) is 13.5. The highest BCUT2D eigenvalue weighted by Crippen LogP contribution is 2.29. The van der Waals surface area contributed by atoms with Crippen LogP contribution in [0.15, 0.2) is 18.2 Å². The number of hydrogen-bond donors (Lipinski definition) is 2. The zero-order valence-corrected chi connectivity index (χ0v) is 17.9. The molecule has 10 heteroatoms. The molecule has 2 atom stereocenters. The lowest BCUT2D eigenvalue weighted by Gasteiger charge is -2.16. The predicted molar refractivity (Wildman–Crippen MR) is 108 cm³/mol. The summed E-state index contributed by atoms with van der Waals surface area (Å²) in [6.45, 7) is 1.76. The van der Waals surface area contributed by atoms with Gasteiger partial charge in [0.2, 0.25) is 5.91 Å². The van der Waals surface area contributed by atoms with Gasteiger partial charge in [0.25, 0.3) is 0 Å². The molecule has 2 N–H and O–H groups in total. The molecule has 0 spiro atoms. The van der Waals surface area contributed by atoms with Crippen molar-refractivity contribution in [2.24, 2.45) is 5.92 Å². The molecule has 0 aliphatic rings. The number of halogens is 4. The van der Waals surface area contributed by atoms with Crippen molar-refractivity contribution in [1.29, 1.82) is 0 Å². The Kier molecular flexibility index (Phi) is 11.8. The first kappa shape index (κ1) is 26.2. The third-order valence-electron chi connectivity index (χ3n) is 4.49. The number of carbonyl (C=O) groups excluding carboxylic acids is 2. The Morgan fingerprint density at radius 2 is 1.97 bits per heavy atom. The molecule has 1 rings (SSSR count). The third-order valence-corrected chi connectivity index (χ3v) is 5.50. The van der Waals surface area contributed by atoms with Crippen LogP contribution in [0.3, 0.4) is 0 Å². The lowest BCUT2D eigenvalue weighted by Crippen LogP contribution is -2.27. The Morgan fingerprint density at radius 3 is 2.60 bits per heavy atom. The summed E-state index contributed by atoms with van der Waals surface area (Å²) in [6.07, 6.45) is 0.183. The van der Waals surface area contributed by atoms with E-state index in [1.807, 2.05) is 0 Å². The first-order valence-electron chi connectivity index (χ1n) is 9.75. The summed E-state index contributed by atoms with van der Waals surface area (Å²) in [5.41, 5.74) is 0.478. The number of benzene rings is 1. The smallest absolute Gasteiger partial charge is 0.403 e. The minimum atomic E-state index is -4.95. The maximum atomic E-state index is 13.5.